The topological polar surface area (TPSA) is 108 Å². The van der Waals surface area contributed by atoms with E-state index in [-0.39, 0.29) is 6.61 Å². The number of aliphatic carboxylic acids is 1. The number of amides is 1. The number of nitrogens with one attached hydrogen (secondary N) is 2. The second kappa shape index (κ2) is 6.94. The largest absolute Gasteiger partial charge is 0.490 e. The van der Waals surface area contributed by atoms with Crippen LogP contribution < -0.4 is 10.6 Å². The van der Waals surface area contributed by atoms with Crippen LogP contribution in [0.25, 0.3) is 0 Å². The Morgan fingerprint density at radius 1 is 1.29 bits per heavy atom. The number of carbonyl (C=O) groups is 2. The molecule has 10 heteroatoms. The first kappa shape index (κ1) is 19.4. The summed E-state index contributed by atoms with van der Waals surface area (Å²) in [6.07, 6.45) is -5.56. The van der Waals surface area contributed by atoms with E-state index in [1.165, 1.54) is 0 Å². The standard InChI is InChI=1S/C9H18N2O3.C2HF3O2/c1-8(2,3)14-7(13)11-9(6-12)4-10-5-9;3-2(4,5)1(6)7/h10,12H,4-6H2,1-3H3,(H,11,13);(H,6,7). The second-order valence-electron chi connectivity index (χ2n) is 5.47. The number of hydrogen-bond donors (Lipinski definition) is 4. The van der Waals surface area contributed by atoms with E-state index in [1.807, 2.05) is 0 Å². The monoisotopic (exact) mass is 316 g/mol. The fourth-order valence-corrected chi connectivity index (χ4v) is 1.19. The van der Waals surface area contributed by atoms with Crippen molar-refractivity contribution in [1.29, 1.82) is 0 Å². The number of carbonyl (C=O) groups excluding carboxylic acids is 1. The summed E-state index contributed by atoms with van der Waals surface area (Å²) < 4.78 is 36.8. The van der Waals surface area contributed by atoms with Crippen LogP contribution in [0, 0.1) is 0 Å². The summed E-state index contributed by atoms with van der Waals surface area (Å²) in [4.78, 5) is 20.2. The lowest BCUT2D eigenvalue weighted by Crippen LogP contribution is -2.71. The van der Waals surface area contributed by atoms with Crippen molar-refractivity contribution in [2.45, 2.75) is 38.1 Å². The number of aliphatic hydroxyl groups is 1. The first-order valence-electron chi connectivity index (χ1n) is 5.94. The van der Waals surface area contributed by atoms with Gasteiger partial charge in [-0.15, -0.1) is 0 Å². The molecule has 1 saturated heterocycles. The summed E-state index contributed by atoms with van der Waals surface area (Å²) in [5.41, 5.74) is -1.03. The Hall–Kier alpha value is -1.55. The maximum absolute atomic E-state index is 11.4. The summed E-state index contributed by atoms with van der Waals surface area (Å²) in [6, 6.07) is 0. The molecule has 1 heterocycles. The Morgan fingerprint density at radius 2 is 1.71 bits per heavy atom. The quantitative estimate of drug-likeness (QED) is 0.590. The van der Waals surface area contributed by atoms with Gasteiger partial charge in [-0.1, -0.05) is 0 Å². The van der Waals surface area contributed by atoms with Crippen LogP contribution in [-0.4, -0.2) is 59.3 Å². The zero-order chi connectivity index (χ0) is 16.9. The molecular weight excluding hydrogens is 297 g/mol. The molecule has 0 aromatic carbocycles. The van der Waals surface area contributed by atoms with Crippen molar-refractivity contribution in [2.24, 2.45) is 0 Å². The van der Waals surface area contributed by atoms with Crippen LogP contribution in [0.3, 0.4) is 0 Å². The molecule has 1 amide bonds. The molecule has 0 aromatic rings. The van der Waals surface area contributed by atoms with E-state index in [4.69, 9.17) is 19.7 Å². The zero-order valence-electron chi connectivity index (χ0n) is 11.9. The Morgan fingerprint density at radius 3 is 1.90 bits per heavy atom. The highest BCUT2D eigenvalue weighted by Gasteiger charge is 2.39. The molecule has 0 aliphatic carbocycles. The molecule has 0 aromatic heterocycles. The van der Waals surface area contributed by atoms with E-state index < -0.39 is 29.4 Å². The highest BCUT2D eigenvalue weighted by Crippen LogP contribution is 2.13. The number of hydrogen-bond acceptors (Lipinski definition) is 5. The molecule has 1 aliphatic rings. The highest BCUT2D eigenvalue weighted by molar-refractivity contribution is 5.73. The predicted molar refractivity (Wildman–Crippen MR) is 65.7 cm³/mol. The smallest absolute Gasteiger partial charge is 0.475 e. The van der Waals surface area contributed by atoms with Gasteiger partial charge in [0.2, 0.25) is 0 Å². The second-order valence-corrected chi connectivity index (χ2v) is 5.47. The van der Waals surface area contributed by atoms with Crippen LogP contribution in [0.1, 0.15) is 20.8 Å². The zero-order valence-corrected chi connectivity index (χ0v) is 11.9. The predicted octanol–water partition coefficient (Wildman–Crippen LogP) is 0.479. The van der Waals surface area contributed by atoms with E-state index >= 15 is 0 Å². The molecule has 0 atom stereocenters. The van der Waals surface area contributed by atoms with Crippen LogP contribution >= 0.6 is 0 Å². The van der Waals surface area contributed by atoms with Gasteiger partial charge in [0.15, 0.2) is 0 Å². The van der Waals surface area contributed by atoms with Gasteiger partial charge in [-0.25, -0.2) is 9.59 Å². The number of carboxylic acids is 1. The number of aliphatic hydroxyl groups excluding tert-OH is 1. The summed E-state index contributed by atoms with van der Waals surface area (Å²) in [6.45, 7) is 6.51. The molecule has 1 fully saturated rings. The lowest BCUT2D eigenvalue weighted by Gasteiger charge is -2.41. The Labute approximate surface area is 119 Å². The summed E-state index contributed by atoms with van der Waals surface area (Å²) in [5.74, 6) is -2.76. The minimum absolute atomic E-state index is 0.0702. The van der Waals surface area contributed by atoms with Crippen molar-refractivity contribution < 1.29 is 37.7 Å². The van der Waals surface area contributed by atoms with Crippen LogP contribution in [0.5, 0.6) is 0 Å². The first-order chi connectivity index (χ1) is 9.31. The van der Waals surface area contributed by atoms with Crippen molar-refractivity contribution in [3.63, 3.8) is 0 Å². The van der Waals surface area contributed by atoms with Gasteiger partial charge in [0.1, 0.15) is 5.60 Å². The summed E-state index contributed by atoms with van der Waals surface area (Å²) in [5, 5.41) is 21.9. The van der Waals surface area contributed by atoms with Crippen LogP contribution in [-0.2, 0) is 9.53 Å². The van der Waals surface area contributed by atoms with Crippen molar-refractivity contribution in [3.05, 3.63) is 0 Å². The lowest BCUT2D eigenvalue weighted by atomic mass is 9.94. The van der Waals surface area contributed by atoms with Crippen molar-refractivity contribution in [2.75, 3.05) is 19.7 Å². The van der Waals surface area contributed by atoms with Crippen molar-refractivity contribution in [3.8, 4) is 0 Å². The number of alkyl carbamates (subject to hydrolysis) is 1. The molecule has 124 valence electrons. The van der Waals surface area contributed by atoms with Gasteiger partial charge in [-0.05, 0) is 20.8 Å². The van der Waals surface area contributed by atoms with Crippen LogP contribution in [0.4, 0.5) is 18.0 Å². The average Bonchev–Trinajstić information content (AvgIpc) is 2.20. The fourth-order valence-electron chi connectivity index (χ4n) is 1.19. The van der Waals surface area contributed by atoms with E-state index in [0.717, 1.165) is 0 Å². The Balaban J connectivity index is 0.000000486. The van der Waals surface area contributed by atoms with Gasteiger partial charge in [0, 0.05) is 13.1 Å². The van der Waals surface area contributed by atoms with Crippen LogP contribution in [0.2, 0.25) is 0 Å². The van der Waals surface area contributed by atoms with Gasteiger partial charge < -0.3 is 25.6 Å². The summed E-state index contributed by atoms with van der Waals surface area (Å²) in [7, 11) is 0. The van der Waals surface area contributed by atoms with E-state index in [1.54, 1.807) is 20.8 Å². The minimum atomic E-state index is -5.08. The third-order valence-corrected chi connectivity index (χ3v) is 2.24. The molecule has 1 rings (SSSR count). The molecule has 0 spiro atoms. The van der Waals surface area contributed by atoms with Gasteiger partial charge in [-0.3, -0.25) is 0 Å². The van der Waals surface area contributed by atoms with Crippen molar-refractivity contribution in [1.82, 2.24) is 10.6 Å². The van der Waals surface area contributed by atoms with Crippen LogP contribution in [0.15, 0.2) is 0 Å². The molecule has 0 saturated carbocycles. The average molecular weight is 316 g/mol. The Kier molecular flexibility index (Phi) is 6.43. The van der Waals surface area contributed by atoms with E-state index in [2.05, 4.69) is 10.6 Å². The molecule has 21 heavy (non-hydrogen) atoms. The third-order valence-electron chi connectivity index (χ3n) is 2.24. The fraction of sp³-hybridized carbons (Fsp3) is 0.818. The molecule has 0 bridgehead atoms. The number of rotatable bonds is 2. The van der Waals surface area contributed by atoms with E-state index in [9.17, 15) is 18.0 Å². The Bertz CT molecular complexity index is 370. The number of alkyl halides is 3. The maximum atomic E-state index is 11.4. The SMILES string of the molecule is CC(C)(C)OC(=O)NC1(CO)CNC1.O=C(O)C(F)(F)F. The molecule has 1 aliphatic heterocycles. The number of halogens is 3. The molecule has 0 radical (unpaired) electrons. The molecular formula is C11H19F3N2O5. The lowest BCUT2D eigenvalue weighted by molar-refractivity contribution is -0.192. The van der Waals surface area contributed by atoms with Gasteiger partial charge in [0.25, 0.3) is 0 Å². The van der Waals surface area contributed by atoms with Gasteiger partial charge >= 0.3 is 18.2 Å². The highest BCUT2D eigenvalue weighted by atomic mass is 19.4. The van der Waals surface area contributed by atoms with Gasteiger partial charge in [0.05, 0.1) is 12.1 Å². The normalized spacial score (nSPS) is 16.9. The maximum Gasteiger partial charge on any atom is 0.490 e. The molecule has 7 nitrogen and oxygen atoms in total. The molecule has 0 unspecified atom stereocenters. The minimum Gasteiger partial charge on any atom is -0.475 e. The van der Waals surface area contributed by atoms with Gasteiger partial charge in [-0.2, -0.15) is 13.2 Å². The number of carboxylic acid groups (broad SMARTS) is 1. The third kappa shape index (κ3) is 7.71. The van der Waals surface area contributed by atoms with E-state index in [0.29, 0.717) is 13.1 Å². The molecule has 4 N–H and O–H groups in total. The first-order valence-corrected chi connectivity index (χ1v) is 5.94. The summed E-state index contributed by atoms with van der Waals surface area (Å²) >= 11 is 0. The van der Waals surface area contributed by atoms with Crippen molar-refractivity contribution >= 4 is 12.1 Å². The number of ether oxygens (including phenoxy) is 1.